The Kier molecular flexibility index (Phi) is 4.64. The van der Waals surface area contributed by atoms with Crippen LogP contribution in [0.1, 0.15) is 16.7 Å². The summed E-state index contributed by atoms with van der Waals surface area (Å²) in [4.78, 5) is 8.28. The van der Waals surface area contributed by atoms with Gasteiger partial charge in [-0.15, -0.1) is 0 Å². The van der Waals surface area contributed by atoms with Crippen molar-refractivity contribution in [1.82, 2.24) is 24.0 Å². The maximum Gasteiger partial charge on any atom is 0.151 e. The van der Waals surface area contributed by atoms with Gasteiger partial charge in [0, 0.05) is 24.2 Å². The van der Waals surface area contributed by atoms with E-state index in [2.05, 4.69) is 25.4 Å². The number of benzene rings is 1. The molecule has 4 rings (SSSR count). The van der Waals surface area contributed by atoms with Crippen molar-refractivity contribution in [3.63, 3.8) is 0 Å². The van der Waals surface area contributed by atoms with Crippen molar-refractivity contribution in [2.24, 2.45) is 0 Å². The lowest BCUT2D eigenvalue weighted by Crippen LogP contribution is -2.41. The van der Waals surface area contributed by atoms with Gasteiger partial charge in [0.1, 0.15) is 6.33 Å². The van der Waals surface area contributed by atoms with Gasteiger partial charge < -0.3 is 4.74 Å². The van der Waals surface area contributed by atoms with Crippen LogP contribution in [0.15, 0.2) is 48.9 Å². The zero-order valence-electron chi connectivity index (χ0n) is 13.3. The Morgan fingerprint density at radius 1 is 1.21 bits per heavy atom. The van der Waals surface area contributed by atoms with E-state index in [-0.39, 0.29) is 6.04 Å². The molecule has 1 fully saturated rings. The molecule has 2 aromatic heterocycles. The second-order valence-electron chi connectivity index (χ2n) is 5.72. The quantitative estimate of drug-likeness (QED) is 0.713. The first-order valence-corrected chi connectivity index (χ1v) is 8.86. The van der Waals surface area contributed by atoms with Crippen LogP contribution in [0.4, 0.5) is 0 Å². The second-order valence-corrected chi connectivity index (χ2v) is 6.64. The van der Waals surface area contributed by atoms with Crippen LogP contribution in [0, 0.1) is 0 Å². The SMILES string of the molecule is c1ccc(-n2ncnc2[C@@H]2COCCN2CCc2ccns2)cc1. The van der Waals surface area contributed by atoms with E-state index in [1.165, 1.54) is 4.88 Å². The zero-order valence-corrected chi connectivity index (χ0v) is 14.1. The summed E-state index contributed by atoms with van der Waals surface area (Å²) in [5.41, 5.74) is 1.03. The molecule has 1 aliphatic heterocycles. The summed E-state index contributed by atoms with van der Waals surface area (Å²) in [5, 5.41) is 4.42. The van der Waals surface area contributed by atoms with E-state index in [0.29, 0.717) is 6.61 Å². The molecule has 6 nitrogen and oxygen atoms in total. The van der Waals surface area contributed by atoms with Crippen LogP contribution in [0.25, 0.3) is 5.69 Å². The van der Waals surface area contributed by atoms with Gasteiger partial charge in [-0.05, 0) is 36.2 Å². The van der Waals surface area contributed by atoms with Gasteiger partial charge in [-0.25, -0.2) is 14.0 Å². The van der Waals surface area contributed by atoms with Gasteiger partial charge in [-0.3, -0.25) is 4.90 Å². The van der Waals surface area contributed by atoms with Crippen molar-refractivity contribution in [2.75, 3.05) is 26.3 Å². The van der Waals surface area contributed by atoms with Crippen molar-refractivity contribution < 1.29 is 4.74 Å². The predicted octanol–water partition coefficient (Wildman–Crippen LogP) is 2.34. The molecule has 0 radical (unpaired) electrons. The first-order chi connectivity index (χ1) is 11.9. The lowest BCUT2D eigenvalue weighted by atomic mass is 10.2. The standard InChI is InChI=1S/C17H19N5OS/c1-2-4-14(5-3-1)22-17(18-13-19-22)16-12-23-11-10-21(16)9-7-15-6-8-20-24-15/h1-6,8,13,16H,7,9-12H2/t16-/m0/s1. The van der Waals surface area contributed by atoms with E-state index in [1.807, 2.05) is 41.2 Å². The van der Waals surface area contributed by atoms with Crippen molar-refractivity contribution >= 4 is 11.5 Å². The molecule has 1 saturated heterocycles. The van der Waals surface area contributed by atoms with Gasteiger partial charge in [0.25, 0.3) is 0 Å². The number of nitrogens with zero attached hydrogens (tertiary/aromatic N) is 5. The van der Waals surface area contributed by atoms with Gasteiger partial charge in [0.2, 0.25) is 0 Å². The van der Waals surface area contributed by atoms with Gasteiger partial charge in [-0.2, -0.15) is 5.10 Å². The van der Waals surface area contributed by atoms with Crippen molar-refractivity contribution in [1.29, 1.82) is 0 Å². The molecule has 1 aliphatic rings. The summed E-state index contributed by atoms with van der Waals surface area (Å²) in [6.45, 7) is 3.29. The minimum Gasteiger partial charge on any atom is -0.378 e. The van der Waals surface area contributed by atoms with Crippen LogP contribution in [0.3, 0.4) is 0 Å². The number of ether oxygens (including phenoxy) is 1. The van der Waals surface area contributed by atoms with Crippen molar-refractivity contribution in [3.8, 4) is 5.69 Å². The summed E-state index contributed by atoms with van der Waals surface area (Å²) < 4.78 is 11.8. The monoisotopic (exact) mass is 341 g/mol. The summed E-state index contributed by atoms with van der Waals surface area (Å²) in [6.07, 6.45) is 4.49. The molecule has 24 heavy (non-hydrogen) atoms. The number of rotatable bonds is 5. The highest BCUT2D eigenvalue weighted by Crippen LogP contribution is 2.24. The Balaban J connectivity index is 1.56. The topological polar surface area (TPSA) is 56.1 Å². The highest BCUT2D eigenvalue weighted by molar-refractivity contribution is 7.05. The highest BCUT2D eigenvalue weighted by atomic mass is 32.1. The fourth-order valence-corrected chi connectivity index (χ4v) is 3.58. The van der Waals surface area contributed by atoms with Gasteiger partial charge >= 0.3 is 0 Å². The molecule has 0 bridgehead atoms. The molecule has 7 heteroatoms. The second kappa shape index (κ2) is 7.21. The van der Waals surface area contributed by atoms with E-state index in [9.17, 15) is 0 Å². The minimum absolute atomic E-state index is 0.120. The van der Waals surface area contributed by atoms with Crippen LogP contribution in [0.2, 0.25) is 0 Å². The molecule has 0 aliphatic carbocycles. The molecule has 0 spiro atoms. The molecule has 3 heterocycles. The molecule has 1 aromatic carbocycles. The van der Waals surface area contributed by atoms with Crippen LogP contribution in [-0.4, -0.2) is 50.3 Å². The predicted molar refractivity (Wildman–Crippen MR) is 92.3 cm³/mol. The molecular weight excluding hydrogens is 322 g/mol. The first-order valence-electron chi connectivity index (χ1n) is 8.08. The third-order valence-corrected chi connectivity index (χ3v) is 5.05. The molecule has 3 aromatic rings. The molecule has 0 amide bonds. The fourth-order valence-electron chi connectivity index (χ4n) is 3.01. The highest BCUT2D eigenvalue weighted by Gasteiger charge is 2.28. The van der Waals surface area contributed by atoms with E-state index in [4.69, 9.17) is 4.74 Å². The van der Waals surface area contributed by atoms with Crippen LogP contribution < -0.4 is 0 Å². The van der Waals surface area contributed by atoms with Crippen molar-refractivity contribution in [2.45, 2.75) is 12.5 Å². The maximum atomic E-state index is 5.73. The normalized spacial score (nSPS) is 18.8. The lowest BCUT2D eigenvalue weighted by Gasteiger charge is -2.34. The largest absolute Gasteiger partial charge is 0.378 e. The first kappa shape index (κ1) is 15.4. The smallest absolute Gasteiger partial charge is 0.151 e. The number of hydrogen-bond donors (Lipinski definition) is 0. The Bertz CT molecular complexity index is 758. The van der Waals surface area contributed by atoms with E-state index in [0.717, 1.165) is 37.6 Å². The lowest BCUT2D eigenvalue weighted by molar-refractivity contribution is -0.0117. The summed E-state index contributed by atoms with van der Waals surface area (Å²) >= 11 is 1.57. The Morgan fingerprint density at radius 3 is 2.96 bits per heavy atom. The molecule has 0 unspecified atom stereocenters. The van der Waals surface area contributed by atoms with Gasteiger partial charge in [0.05, 0.1) is 24.9 Å². The van der Waals surface area contributed by atoms with E-state index < -0.39 is 0 Å². The summed E-state index contributed by atoms with van der Waals surface area (Å²) in [5.74, 6) is 0.935. The molecule has 0 saturated carbocycles. The average molecular weight is 341 g/mol. The molecule has 1 atom stereocenters. The maximum absolute atomic E-state index is 5.73. The fraction of sp³-hybridized carbons (Fsp3) is 0.353. The number of hydrogen-bond acceptors (Lipinski definition) is 6. The van der Waals surface area contributed by atoms with Crippen molar-refractivity contribution in [3.05, 3.63) is 59.6 Å². The molecule has 124 valence electrons. The third-order valence-electron chi connectivity index (χ3n) is 4.25. The molecular formula is C17H19N5OS. The Hall–Kier alpha value is -2.09. The molecule has 0 N–H and O–H groups in total. The summed E-state index contributed by atoms with van der Waals surface area (Å²) in [6, 6.07) is 12.3. The van der Waals surface area contributed by atoms with Gasteiger partial charge in [-0.1, -0.05) is 18.2 Å². The number of morpholine rings is 1. The van der Waals surface area contributed by atoms with Crippen LogP contribution in [0.5, 0.6) is 0 Å². The zero-order chi connectivity index (χ0) is 16.2. The average Bonchev–Trinajstić information content (AvgIpc) is 3.33. The third kappa shape index (κ3) is 3.24. The van der Waals surface area contributed by atoms with Crippen LogP contribution >= 0.6 is 11.5 Å². The Morgan fingerprint density at radius 2 is 2.12 bits per heavy atom. The number of aromatic nitrogens is 4. The van der Waals surface area contributed by atoms with Crippen LogP contribution in [-0.2, 0) is 11.2 Å². The Labute approximate surface area is 144 Å². The van der Waals surface area contributed by atoms with E-state index >= 15 is 0 Å². The summed E-state index contributed by atoms with van der Waals surface area (Å²) in [7, 11) is 0. The van der Waals surface area contributed by atoms with Gasteiger partial charge in [0.15, 0.2) is 5.82 Å². The number of para-hydroxylation sites is 1. The van der Waals surface area contributed by atoms with E-state index in [1.54, 1.807) is 17.9 Å². The minimum atomic E-state index is 0.120.